The van der Waals surface area contributed by atoms with Crippen LogP contribution in [0.15, 0.2) is 29.2 Å². The minimum atomic E-state index is -4.38. The van der Waals surface area contributed by atoms with E-state index in [1.165, 1.54) is 0 Å². The molecule has 1 aromatic carbocycles. The van der Waals surface area contributed by atoms with Crippen molar-refractivity contribution in [2.45, 2.75) is 43.3 Å². The summed E-state index contributed by atoms with van der Waals surface area (Å²) < 4.78 is 62.7. The minimum Gasteiger partial charge on any atom is -0.480 e. The number of aliphatic carboxylic acids is 1. The Morgan fingerprint density at radius 3 is 2.23 bits per heavy atom. The number of carboxylic acid groups (broad SMARTS) is 1. The highest BCUT2D eigenvalue weighted by molar-refractivity contribution is 7.89. The van der Waals surface area contributed by atoms with E-state index in [0.717, 1.165) is 24.3 Å². The number of benzene rings is 1. The summed E-state index contributed by atoms with van der Waals surface area (Å²) in [6, 6.07) is 2.88. The van der Waals surface area contributed by atoms with Crippen LogP contribution >= 0.6 is 0 Å². The number of carbonyl (C=O) groups is 1. The molecule has 0 aliphatic carbocycles. The molecule has 0 aliphatic heterocycles. The van der Waals surface area contributed by atoms with Gasteiger partial charge >= 0.3 is 12.1 Å². The van der Waals surface area contributed by atoms with Gasteiger partial charge < -0.3 is 5.11 Å². The first kappa shape index (κ1) is 18.4. The third-order valence-electron chi connectivity index (χ3n) is 2.81. The van der Waals surface area contributed by atoms with Gasteiger partial charge in [0.25, 0.3) is 0 Å². The molecule has 2 N–H and O–H groups in total. The monoisotopic (exact) mass is 339 g/mol. The Labute approximate surface area is 126 Å². The third-order valence-corrected chi connectivity index (χ3v) is 4.30. The van der Waals surface area contributed by atoms with Crippen LogP contribution in [0.1, 0.15) is 25.3 Å². The number of rotatable bonds is 7. The molecule has 0 saturated heterocycles. The highest BCUT2D eigenvalue weighted by atomic mass is 32.2. The summed E-state index contributed by atoms with van der Waals surface area (Å²) in [4.78, 5) is 10.7. The Balaban J connectivity index is 2.91. The molecule has 0 aromatic heterocycles. The fraction of sp³-hybridized carbons (Fsp3) is 0.462. The molecule has 0 radical (unpaired) electrons. The summed E-state index contributed by atoms with van der Waals surface area (Å²) in [6.07, 6.45) is -4.97. The molecule has 1 rings (SSSR count). The molecule has 0 amide bonds. The van der Waals surface area contributed by atoms with Gasteiger partial charge in [0.05, 0.1) is 11.3 Å². The van der Waals surface area contributed by atoms with Crippen LogP contribution in [0.3, 0.4) is 0 Å². The molecule has 22 heavy (non-hydrogen) atoms. The lowest BCUT2D eigenvalue weighted by molar-refractivity contribution is -0.139. The number of nitrogens with one attached hydrogen (secondary N) is 1. The van der Waals surface area contributed by atoms with Crippen LogP contribution in [-0.2, 0) is 21.2 Å². The van der Waals surface area contributed by atoms with Crippen molar-refractivity contribution in [3.8, 4) is 0 Å². The Kier molecular flexibility index (Phi) is 5.95. The van der Waals surface area contributed by atoms with Crippen LogP contribution in [0, 0.1) is 0 Å². The Morgan fingerprint density at radius 1 is 1.27 bits per heavy atom. The number of alkyl halides is 3. The predicted octanol–water partition coefficient (Wildman–Crippen LogP) is 2.32. The van der Waals surface area contributed by atoms with Gasteiger partial charge in [0.2, 0.25) is 10.0 Å². The number of sulfonamides is 1. The van der Waals surface area contributed by atoms with Gasteiger partial charge in [-0.2, -0.15) is 17.9 Å². The number of carboxylic acids is 1. The number of hydrogen-bond acceptors (Lipinski definition) is 3. The molecule has 124 valence electrons. The van der Waals surface area contributed by atoms with E-state index >= 15 is 0 Å². The predicted molar refractivity (Wildman–Crippen MR) is 72.9 cm³/mol. The lowest BCUT2D eigenvalue weighted by atomic mass is 10.1. The maximum Gasteiger partial charge on any atom is 0.393 e. The second-order valence-corrected chi connectivity index (χ2v) is 6.45. The van der Waals surface area contributed by atoms with E-state index < -0.39 is 34.6 Å². The average Bonchev–Trinajstić information content (AvgIpc) is 2.36. The first-order chi connectivity index (χ1) is 10.0. The quantitative estimate of drug-likeness (QED) is 0.799. The van der Waals surface area contributed by atoms with Crippen molar-refractivity contribution in [2.24, 2.45) is 0 Å². The summed E-state index contributed by atoms with van der Waals surface area (Å²) in [6.45, 7) is 1.70. The van der Waals surface area contributed by atoms with Crippen LogP contribution in [-0.4, -0.2) is 31.7 Å². The fourth-order valence-electron chi connectivity index (χ4n) is 1.79. The van der Waals surface area contributed by atoms with Crippen LogP contribution in [0.2, 0.25) is 0 Å². The fourth-order valence-corrected chi connectivity index (χ4v) is 3.02. The Morgan fingerprint density at radius 2 is 1.82 bits per heavy atom. The zero-order valence-electron chi connectivity index (χ0n) is 11.7. The van der Waals surface area contributed by atoms with Crippen molar-refractivity contribution >= 4 is 16.0 Å². The highest BCUT2D eigenvalue weighted by Crippen LogP contribution is 2.22. The van der Waals surface area contributed by atoms with E-state index in [1.807, 2.05) is 4.72 Å². The maximum absolute atomic E-state index is 12.2. The standard InChI is InChI=1S/C13H16F3NO4S/c1-2-3-11(12(18)19)17-22(20,21)10-6-4-9(5-7-10)8-13(14,15)16/h4-7,11,17H,2-3,8H2,1H3,(H,18,19). The lowest BCUT2D eigenvalue weighted by Crippen LogP contribution is -2.40. The van der Waals surface area contributed by atoms with Gasteiger partial charge in [-0.3, -0.25) is 4.79 Å². The normalized spacial score (nSPS) is 13.8. The molecule has 1 unspecified atom stereocenters. The second kappa shape index (κ2) is 7.10. The van der Waals surface area contributed by atoms with Crippen LogP contribution < -0.4 is 4.72 Å². The molecule has 0 heterocycles. The lowest BCUT2D eigenvalue weighted by Gasteiger charge is -2.14. The van der Waals surface area contributed by atoms with E-state index in [0.29, 0.717) is 6.42 Å². The van der Waals surface area contributed by atoms with Gasteiger partial charge in [-0.25, -0.2) is 8.42 Å². The molecule has 9 heteroatoms. The topological polar surface area (TPSA) is 83.5 Å². The van der Waals surface area contributed by atoms with E-state index in [9.17, 15) is 26.4 Å². The highest BCUT2D eigenvalue weighted by Gasteiger charge is 2.28. The van der Waals surface area contributed by atoms with Crippen molar-refractivity contribution in [3.05, 3.63) is 29.8 Å². The van der Waals surface area contributed by atoms with Crippen LogP contribution in [0.25, 0.3) is 0 Å². The molecular formula is C13H16F3NO4S. The van der Waals surface area contributed by atoms with Crippen molar-refractivity contribution in [3.63, 3.8) is 0 Å². The van der Waals surface area contributed by atoms with Gasteiger partial charge in [0.1, 0.15) is 6.04 Å². The summed E-state index contributed by atoms with van der Waals surface area (Å²) in [5.41, 5.74) is -0.0743. The molecule has 0 fully saturated rings. The zero-order chi connectivity index (χ0) is 17.0. The largest absolute Gasteiger partial charge is 0.480 e. The SMILES string of the molecule is CCCC(NS(=O)(=O)c1ccc(CC(F)(F)F)cc1)C(=O)O. The van der Waals surface area contributed by atoms with Gasteiger partial charge in [-0.1, -0.05) is 25.5 Å². The maximum atomic E-state index is 12.2. The van der Waals surface area contributed by atoms with Gasteiger partial charge in [0, 0.05) is 0 Å². The van der Waals surface area contributed by atoms with Gasteiger partial charge in [-0.05, 0) is 24.1 Å². The number of halogens is 3. The molecule has 0 saturated carbocycles. The van der Waals surface area contributed by atoms with E-state index in [4.69, 9.17) is 5.11 Å². The zero-order valence-corrected chi connectivity index (χ0v) is 12.5. The summed E-state index contributed by atoms with van der Waals surface area (Å²) in [5, 5.41) is 8.93. The second-order valence-electron chi connectivity index (χ2n) is 4.74. The van der Waals surface area contributed by atoms with Crippen molar-refractivity contribution in [1.29, 1.82) is 0 Å². The minimum absolute atomic E-state index is 0.0743. The van der Waals surface area contributed by atoms with E-state index in [2.05, 4.69) is 0 Å². The molecular weight excluding hydrogens is 323 g/mol. The Hall–Kier alpha value is -1.61. The first-order valence-corrected chi connectivity index (χ1v) is 7.94. The smallest absolute Gasteiger partial charge is 0.393 e. The van der Waals surface area contributed by atoms with E-state index in [-0.39, 0.29) is 16.9 Å². The molecule has 0 aliphatic rings. The van der Waals surface area contributed by atoms with Crippen LogP contribution in [0.5, 0.6) is 0 Å². The van der Waals surface area contributed by atoms with Crippen molar-refractivity contribution in [2.75, 3.05) is 0 Å². The van der Waals surface area contributed by atoms with Gasteiger partial charge in [-0.15, -0.1) is 0 Å². The first-order valence-electron chi connectivity index (χ1n) is 6.46. The summed E-state index contributed by atoms with van der Waals surface area (Å²) in [7, 11) is -4.10. The molecule has 5 nitrogen and oxygen atoms in total. The van der Waals surface area contributed by atoms with Gasteiger partial charge in [0.15, 0.2) is 0 Å². The summed E-state index contributed by atoms with van der Waals surface area (Å²) in [5.74, 6) is -1.31. The molecule has 0 spiro atoms. The summed E-state index contributed by atoms with van der Waals surface area (Å²) >= 11 is 0. The van der Waals surface area contributed by atoms with Crippen LogP contribution in [0.4, 0.5) is 13.2 Å². The molecule has 1 aromatic rings. The average molecular weight is 339 g/mol. The molecule has 1 atom stereocenters. The number of hydrogen-bond donors (Lipinski definition) is 2. The van der Waals surface area contributed by atoms with E-state index in [1.54, 1.807) is 6.92 Å². The Bertz CT molecular complexity index is 611. The van der Waals surface area contributed by atoms with Crippen molar-refractivity contribution < 1.29 is 31.5 Å². The third kappa shape index (κ3) is 5.64. The van der Waals surface area contributed by atoms with Crippen molar-refractivity contribution in [1.82, 2.24) is 4.72 Å². The molecule has 0 bridgehead atoms.